The first-order chi connectivity index (χ1) is 11.1. The Bertz CT molecular complexity index is 771. The van der Waals surface area contributed by atoms with Crippen molar-refractivity contribution in [2.24, 2.45) is 5.73 Å². The van der Waals surface area contributed by atoms with Gasteiger partial charge in [-0.3, -0.25) is 9.59 Å². The number of hydrogen-bond donors (Lipinski definition) is 1. The van der Waals surface area contributed by atoms with Crippen molar-refractivity contribution >= 4 is 17.5 Å². The van der Waals surface area contributed by atoms with Crippen molar-refractivity contribution < 1.29 is 14.3 Å². The number of hydrogen-bond acceptors (Lipinski definition) is 3. The topological polar surface area (TPSA) is 72.6 Å². The van der Waals surface area contributed by atoms with Crippen molar-refractivity contribution in [1.29, 1.82) is 0 Å². The van der Waals surface area contributed by atoms with Crippen LogP contribution in [0.15, 0.2) is 42.5 Å². The van der Waals surface area contributed by atoms with Crippen LogP contribution in [-0.4, -0.2) is 18.4 Å². The molecule has 1 aliphatic heterocycles. The molecule has 0 radical (unpaired) electrons. The Morgan fingerprint density at radius 3 is 2.70 bits per heavy atom. The average Bonchev–Trinajstić information content (AvgIpc) is 2.67. The summed E-state index contributed by atoms with van der Waals surface area (Å²) in [5.74, 6) is 0.329. The fourth-order valence-corrected chi connectivity index (χ4v) is 2.62. The number of fused-ring (bicyclic) bond motifs is 2. The van der Waals surface area contributed by atoms with Gasteiger partial charge in [0.2, 0.25) is 5.91 Å². The summed E-state index contributed by atoms with van der Waals surface area (Å²) >= 11 is 0. The van der Waals surface area contributed by atoms with E-state index in [2.05, 4.69) is 6.92 Å². The molecular weight excluding hydrogens is 292 g/mol. The summed E-state index contributed by atoms with van der Waals surface area (Å²) in [5, 5.41) is 0. The van der Waals surface area contributed by atoms with Gasteiger partial charge in [-0.15, -0.1) is 0 Å². The largest absolute Gasteiger partial charge is 0.454 e. The SMILES string of the molecule is CCCCN1C(=O)c2ccccc2Oc2cc(C(N)=O)ccc21. The molecule has 0 atom stereocenters. The van der Waals surface area contributed by atoms with Gasteiger partial charge >= 0.3 is 0 Å². The Balaban J connectivity index is 2.14. The Morgan fingerprint density at radius 2 is 1.96 bits per heavy atom. The maximum absolute atomic E-state index is 12.9. The van der Waals surface area contributed by atoms with Crippen LogP contribution in [0.2, 0.25) is 0 Å². The van der Waals surface area contributed by atoms with E-state index >= 15 is 0 Å². The minimum absolute atomic E-state index is 0.0976. The minimum Gasteiger partial charge on any atom is -0.454 e. The van der Waals surface area contributed by atoms with Crippen LogP contribution in [0.5, 0.6) is 11.5 Å². The number of carbonyl (C=O) groups excluding carboxylic acids is 2. The van der Waals surface area contributed by atoms with E-state index in [-0.39, 0.29) is 5.91 Å². The van der Waals surface area contributed by atoms with Crippen molar-refractivity contribution in [3.8, 4) is 11.5 Å². The molecule has 0 saturated carbocycles. The first-order valence-electron chi connectivity index (χ1n) is 7.64. The molecular formula is C18H18N2O3. The Labute approximate surface area is 134 Å². The van der Waals surface area contributed by atoms with Gasteiger partial charge in [0.15, 0.2) is 5.75 Å². The van der Waals surface area contributed by atoms with Crippen LogP contribution in [0, 0.1) is 0 Å². The number of ether oxygens (including phenoxy) is 1. The molecule has 2 aromatic rings. The lowest BCUT2D eigenvalue weighted by Crippen LogP contribution is -2.31. The normalized spacial score (nSPS) is 12.9. The van der Waals surface area contributed by atoms with Gasteiger partial charge in [0.05, 0.1) is 11.3 Å². The molecule has 2 N–H and O–H groups in total. The van der Waals surface area contributed by atoms with E-state index in [1.807, 2.05) is 12.1 Å². The van der Waals surface area contributed by atoms with Gasteiger partial charge in [-0.2, -0.15) is 0 Å². The van der Waals surface area contributed by atoms with Crippen LogP contribution in [0.3, 0.4) is 0 Å². The van der Waals surface area contributed by atoms with Gasteiger partial charge in [0, 0.05) is 12.1 Å². The first-order valence-corrected chi connectivity index (χ1v) is 7.64. The Hall–Kier alpha value is -2.82. The van der Waals surface area contributed by atoms with E-state index in [9.17, 15) is 9.59 Å². The Morgan fingerprint density at radius 1 is 1.17 bits per heavy atom. The second-order valence-electron chi connectivity index (χ2n) is 5.46. The van der Waals surface area contributed by atoms with Gasteiger partial charge in [0.25, 0.3) is 5.91 Å². The van der Waals surface area contributed by atoms with Gasteiger partial charge in [0.1, 0.15) is 5.75 Å². The van der Waals surface area contributed by atoms with Crippen molar-refractivity contribution in [3.63, 3.8) is 0 Å². The number of primary amides is 1. The van der Waals surface area contributed by atoms with E-state index in [1.165, 1.54) is 0 Å². The van der Waals surface area contributed by atoms with E-state index in [1.54, 1.807) is 35.2 Å². The van der Waals surface area contributed by atoms with E-state index in [0.29, 0.717) is 34.9 Å². The van der Waals surface area contributed by atoms with Crippen LogP contribution < -0.4 is 15.4 Å². The lowest BCUT2D eigenvalue weighted by Gasteiger charge is -2.22. The first kappa shape index (κ1) is 15.1. The standard InChI is InChI=1S/C18H18N2O3/c1-2-3-10-20-14-9-8-12(17(19)21)11-16(14)23-15-7-5-4-6-13(15)18(20)22/h4-9,11H,2-3,10H2,1H3,(H2,19,21). The third kappa shape index (κ3) is 2.77. The summed E-state index contributed by atoms with van der Waals surface area (Å²) in [7, 11) is 0. The van der Waals surface area contributed by atoms with Gasteiger partial charge in [-0.05, 0) is 36.8 Å². The molecule has 2 amide bonds. The lowest BCUT2D eigenvalue weighted by atomic mass is 10.1. The van der Waals surface area contributed by atoms with E-state index < -0.39 is 5.91 Å². The van der Waals surface area contributed by atoms with Gasteiger partial charge < -0.3 is 15.4 Å². The minimum atomic E-state index is -0.527. The summed E-state index contributed by atoms with van der Waals surface area (Å²) in [6, 6.07) is 12.0. The zero-order chi connectivity index (χ0) is 16.4. The van der Waals surface area contributed by atoms with Crippen molar-refractivity contribution in [2.75, 3.05) is 11.4 Å². The smallest absolute Gasteiger partial charge is 0.262 e. The number of nitrogens with zero attached hydrogens (tertiary/aromatic N) is 1. The molecule has 0 saturated heterocycles. The number of anilines is 1. The number of para-hydroxylation sites is 1. The van der Waals surface area contributed by atoms with Gasteiger partial charge in [-0.1, -0.05) is 25.5 Å². The molecule has 5 heteroatoms. The summed E-state index contributed by atoms with van der Waals surface area (Å²) < 4.78 is 5.90. The quantitative estimate of drug-likeness (QED) is 0.941. The molecule has 5 nitrogen and oxygen atoms in total. The molecule has 0 fully saturated rings. The molecule has 118 valence electrons. The third-order valence-electron chi connectivity index (χ3n) is 3.85. The molecule has 0 unspecified atom stereocenters. The number of rotatable bonds is 4. The molecule has 23 heavy (non-hydrogen) atoms. The summed E-state index contributed by atoms with van der Waals surface area (Å²) in [6.07, 6.45) is 1.85. The number of nitrogens with two attached hydrogens (primary N) is 1. The monoisotopic (exact) mass is 310 g/mol. The zero-order valence-electron chi connectivity index (χ0n) is 12.9. The van der Waals surface area contributed by atoms with Crippen LogP contribution in [0.4, 0.5) is 5.69 Å². The molecule has 1 heterocycles. The number of carbonyl (C=O) groups is 2. The van der Waals surface area contributed by atoms with Crippen molar-refractivity contribution in [1.82, 2.24) is 0 Å². The van der Waals surface area contributed by atoms with Crippen LogP contribution in [-0.2, 0) is 0 Å². The highest BCUT2D eigenvalue weighted by Gasteiger charge is 2.28. The van der Waals surface area contributed by atoms with Crippen LogP contribution in [0.25, 0.3) is 0 Å². The number of amides is 2. The van der Waals surface area contributed by atoms with Gasteiger partial charge in [-0.25, -0.2) is 0 Å². The molecule has 0 aromatic heterocycles. The summed E-state index contributed by atoms with van der Waals surface area (Å²) in [6.45, 7) is 2.67. The molecule has 2 aromatic carbocycles. The molecule has 0 spiro atoms. The fraction of sp³-hybridized carbons (Fsp3) is 0.222. The molecule has 3 rings (SSSR count). The highest BCUT2D eigenvalue weighted by Crippen LogP contribution is 2.39. The van der Waals surface area contributed by atoms with Crippen molar-refractivity contribution in [2.45, 2.75) is 19.8 Å². The summed E-state index contributed by atoms with van der Waals surface area (Å²) in [4.78, 5) is 26.0. The molecule has 0 bridgehead atoms. The molecule has 1 aliphatic rings. The highest BCUT2D eigenvalue weighted by atomic mass is 16.5. The predicted octanol–water partition coefficient (Wildman–Crippen LogP) is 3.34. The number of unbranched alkanes of at least 4 members (excludes halogenated alkanes) is 1. The van der Waals surface area contributed by atoms with E-state index in [4.69, 9.17) is 10.5 Å². The Kier molecular flexibility index (Phi) is 4.02. The summed E-state index contributed by atoms with van der Waals surface area (Å²) in [5.41, 5.74) is 6.87. The zero-order valence-corrected chi connectivity index (χ0v) is 12.9. The second-order valence-corrected chi connectivity index (χ2v) is 5.46. The average molecular weight is 310 g/mol. The van der Waals surface area contributed by atoms with Crippen LogP contribution >= 0.6 is 0 Å². The maximum Gasteiger partial charge on any atom is 0.262 e. The lowest BCUT2D eigenvalue weighted by molar-refractivity contribution is 0.0983. The van der Waals surface area contributed by atoms with Crippen LogP contribution in [0.1, 0.15) is 40.5 Å². The van der Waals surface area contributed by atoms with Crippen molar-refractivity contribution in [3.05, 3.63) is 53.6 Å². The second kappa shape index (κ2) is 6.12. The fourth-order valence-electron chi connectivity index (χ4n) is 2.62. The maximum atomic E-state index is 12.9. The third-order valence-corrected chi connectivity index (χ3v) is 3.85. The predicted molar refractivity (Wildman–Crippen MR) is 88.1 cm³/mol. The number of benzene rings is 2. The highest BCUT2D eigenvalue weighted by molar-refractivity contribution is 6.10. The molecule has 0 aliphatic carbocycles. The van der Waals surface area contributed by atoms with E-state index in [0.717, 1.165) is 12.8 Å².